The lowest BCUT2D eigenvalue weighted by Crippen LogP contribution is -2.47. The molecule has 25 heavy (non-hydrogen) atoms. The van der Waals surface area contributed by atoms with E-state index in [2.05, 4.69) is 10.6 Å². The van der Waals surface area contributed by atoms with Crippen LogP contribution in [-0.4, -0.2) is 60.3 Å². The monoisotopic (exact) mass is 369 g/mol. The van der Waals surface area contributed by atoms with Gasteiger partial charge in [-0.05, 0) is 17.7 Å². The van der Waals surface area contributed by atoms with Crippen LogP contribution < -0.4 is 10.6 Å². The van der Waals surface area contributed by atoms with E-state index in [-0.39, 0.29) is 32.2 Å². The van der Waals surface area contributed by atoms with Gasteiger partial charge in [0.15, 0.2) is 0 Å². The number of aliphatic carboxylic acids is 1. The number of nitrogens with zero attached hydrogens (tertiary/aromatic N) is 1. The third-order valence-corrected chi connectivity index (χ3v) is 4.22. The summed E-state index contributed by atoms with van der Waals surface area (Å²) in [6, 6.07) is 5.53. The second-order valence-electron chi connectivity index (χ2n) is 5.66. The Kier molecular flexibility index (Phi) is 6.60. The van der Waals surface area contributed by atoms with Gasteiger partial charge in [-0.25, -0.2) is 9.59 Å². The molecule has 1 aromatic rings. The first kappa shape index (κ1) is 19.0. The number of nitrogens with one attached hydrogen (secondary N) is 2. The van der Waals surface area contributed by atoms with Crippen molar-refractivity contribution in [3.63, 3.8) is 0 Å². The molecule has 1 fully saturated rings. The smallest absolute Gasteiger partial charge is 0.326 e. The van der Waals surface area contributed by atoms with E-state index >= 15 is 0 Å². The highest BCUT2D eigenvalue weighted by Gasteiger charge is 2.39. The van der Waals surface area contributed by atoms with Crippen LogP contribution in [0.4, 0.5) is 4.79 Å². The van der Waals surface area contributed by atoms with E-state index in [1.807, 2.05) is 0 Å². The van der Waals surface area contributed by atoms with Gasteiger partial charge >= 0.3 is 12.0 Å². The number of rotatable bonds is 6. The summed E-state index contributed by atoms with van der Waals surface area (Å²) in [6.07, 6.45) is -0.0795. The van der Waals surface area contributed by atoms with Crippen molar-refractivity contribution in [2.24, 2.45) is 0 Å². The van der Waals surface area contributed by atoms with Crippen molar-refractivity contribution in [3.8, 4) is 0 Å². The van der Waals surface area contributed by atoms with Crippen molar-refractivity contribution in [1.29, 1.82) is 0 Å². The number of carboxylic acids is 1. The van der Waals surface area contributed by atoms with Gasteiger partial charge in [0.1, 0.15) is 6.04 Å². The van der Waals surface area contributed by atoms with E-state index in [0.717, 1.165) is 5.56 Å². The molecular weight excluding hydrogens is 350 g/mol. The SMILES string of the molecule is COC1CC(C(=O)O)N(C(=O)CNC(=O)NCc2ccc(Cl)cc2)C1. The second kappa shape index (κ2) is 8.68. The van der Waals surface area contributed by atoms with Gasteiger partial charge in [0.05, 0.1) is 12.6 Å². The van der Waals surface area contributed by atoms with Gasteiger partial charge in [0, 0.05) is 31.6 Å². The largest absolute Gasteiger partial charge is 0.480 e. The fraction of sp³-hybridized carbons (Fsp3) is 0.438. The summed E-state index contributed by atoms with van der Waals surface area (Å²) >= 11 is 5.78. The molecule has 1 aliphatic rings. The van der Waals surface area contributed by atoms with E-state index < -0.39 is 23.9 Å². The Morgan fingerprint density at radius 2 is 1.96 bits per heavy atom. The van der Waals surface area contributed by atoms with Gasteiger partial charge in [0.2, 0.25) is 5.91 Å². The Bertz CT molecular complexity index is 637. The maximum absolute atomic E-state index is 12.2. The molecule has 0 aromatic heterocycles. The average molecular weight is 370 g/mol. The standard InChI is InChI=1S/C16H20ClN3O5/c1-25-12-6-13(15(22)23)20(9-12)14(21)8-19-16(24)18-7-10-2-4-11(17)5-3-10/h2-5,12-13H,6-9H2,1H3,(H,22,23)(H2,18,19,24). The summed E-state index contributed by atoms with van der Waals surface area (Å²) in [5, 5.41) is 14.8. The van der Waals surface area contributed by atoms with Crippen LogP contribution in [-0.2, 0) is 20.9 Å². The van der Waals surface area contributed by atoms with E-state index in [4.69, 9.17) is 16.3 Å². The number of ether oxygens (including phenoxy) is 1. The number of hydrogen-bond acceptors (Lipinski definition) is 4. The maximum Gasteiger partial charge on any atom is 0.326 e. The van der Waals surface area contributed by atoms with Crippen LogP contribution >= 0.6 is 11.6 Å². The minimum atomic E-state index is -1.08. The number of halogens is 1. The fourth-order valence-corrected chi connectivity index (χ4v) is 2.71. The van der Waals surface area contributed by atoms with Gasteiger partial charge in [0.25, 0.3) is 0 Å². The highest BCUT2D eigenvalue weighted by molar-refractivity contribution is 6.30. The van der Waals surface area contributed by atoms with Gasteiger partial charge < -0.3 is 25.4 Å². The predicted octanol–water partition coefficient (Wildman–Crippen LogP) is 0.840. The Hall–Kier alpha value is -2.32. The van der Waals surface area contributed by atoms with E-state index in [1.54, 1.807) is 24.3 Å². The minimum absolute atomic E-state index is 0.195. The molecule has 1 aliphatic heterocycles. The summed E-state index contributed by atoms with van der Waals surface area (Å²) in [5.74, 6) is -1.55. The third-order valence-electron chi connectivity index (χ3n) is 3.97. The van der Waals surface area contributed by atoms with Gasteiger partial charge in [-0.15, -0.1) is 0 Å². The molecule has 8 nitrogen and oxygen atoms in total. The van der Waals surface area contributed by atoms with E-state index in [1.165, 1.54) is 12.0 Å². The van der Waals surface area contributed by atoms with Crippen molar-refractivity contribution in [2.45, 2.75) is 25.1 Å². The number of hydrogen-bond donors (Lipinski definition) is 3. The van der Waals surface area contributed by atoms with Crippen LogP contribution in [0, 0.1) is 0 Å². The summed E-state index contributed by atoms with van der Waals surface area (Å²) in [7, 11) is 1.47. The van der Waals surface area contributed by atoms with Crippen LogP contribution in [0.1, 0.15) is 12.0 Å². The Labute approximate surface area is 150 Å². The zero-order valence-corrected chi connectivity index (χ0v) is 14.5. The quantitative estimate of drug-likeness (QED) is 0.688. The van der Waals surface area contributed by atoms with Crippen molar-refractivity contribution in [3.05, 3.63) is 34.9 Å². The van der Waals surface area contributed by atoms with E-state index in [0.29, 0.717) is 5.02 Å². The van der Waals surface area contributed by atoms with Gasteiger partial charge in [-0.2, -0.15) is 0 Å². The highest BCUT2D eigenvalue weighted by Crippen LogP contribution is 2.20. The molecule has 1 aromatic carbocycles. The highest BCUT2D eigenvalue weighted by atomic mass is 35.5. The molecule has 9 heteroatoms. The zero-order valence-electron chi connectivity index (χ0n) is 13.7. The molecule has 1 saturated heterocycles. The first-order valence-corrected chi connectivity index (χ1v) is 8.09. The number of carbonyl (C=O) groups is 3. The Balaban J connectivity index is 1.79. The summed E-state index contributed by atoms with van der Waals surface area (Å²) in [5.41, 5.74) is 0.860. The fourth-order valence-electron chi connectivity index (χ4n) is 2.58. The lowest BCUT2D eigenvalue weighted by molar-refractivity contribution is -0.147. The Morgan fingerprint density at radius 1 is 1.28 bits per heavy atom. The van der Waals surface area contributed by atoms with Crippen molar-refractivity contribution >= 4 is 29.5 Å². The van der Waals surface area contributed by atoms with Crippen LogP contribution in [0.15, 0.2) is 24.3 Å². The van der Waals surface area contributed by atoms with Crippen LogP contribution in [0.5, 0.6) is 0 Å². The lowest BCUT2D eigenvalue weighted by Gasteiger charge is -2.21. The molecule has 3 N–H and O–H groups in total. The maximum atomic E-state index is 12.2. The number of likely N-dealkylation sites (tertiary alicyclic amines) is 1. The van der Waals surface area contributed by atoms with Gasteiger partial charge in [-0.1, -0.05) is 23.7 Å². The second-order valence-corrected chi connectivity index (χ2v) is 6.09. The van der Waals surface area contributed by atoms with Crippen LogP contribution in [0.25, 0.3) is 0 Å². The molecule has 2 unspecified atom stereocenters. The molecule has 0 bridgehead atoms. The average Bonchev–Trinajstić information content (AvgIpc) is 3.04. The van der Waals surface area contributed by atoms with Crippen molar-refractivity contribution in [2.75, 3.05) is 20.2 Å². The number of amides is 3. The molecule has 136 valence electrons. The number of methoxy groups -OCH3 is 1. The third kappa shape index (κ3) is 5.33. The topological polar surface area (TPSA) is 108 Å². The molecule has 0 saturated carbocycles. The van der Waals surface area contributed by atoms with Crippen LogP contribution in [0.3, 0.4) is 0 Å². The first-order valence-electron chi connectivity index (χ1n) is 7.72. The first-order chi connectivity index (χ1) is 11.9. The van der Waals surface area contributed by atoms with Crippen molar-refractivity contribution < 1.29 is 24.2 Å². The zero-order chi connectivity index (χ0) is 18.4. The normalized spacial score (nSPS) is 19.5. The molecule has 0 spiro atoms. The van der Waals surface area contributed by atoms with E-state index in [9.17, 15) is 19.5 Å². The molecule has 1 heterocycles. The van der Waals surface area contributed by atoms with Gasteiger partial charge in [-0.3, -0.25) is 4.79 Å². The summed E-state index contributed by atoms with van der Waals surface area (Å²) < 4.78 is 5.13. The molecule has 0 radical (unpaired) electrons. The number of carboxylic acid groups (broad SMARTS) is 1. The molecule has 2 rings (SSSR count). The minimum Gasteiger partial charge on any atom is -0.480 e. The Morgan fingerprint density at radius 3 is 2.56 bits per heavy atom. The summed E-state index contributed by atoms with van der Waals surface area (Å²) in [4.78, 5) is 36.4. The molecule has 0 aliphatic carbocycles. The predicted molar refractivity (Wildman–Crippen MR) is 90.2 cm³/mol. The number of carbonyl (C=O) groups excluding carboxylic acids is 2. The molecular formula is C16H20ClN3O5. The molecule has 3 amide bonds. The van der Waals surface area contributed by atoms with Crippen LogP contribution in [0.2, 0.25) is 5.02 Å². The summed E-state index contributed by atoms with van der Waals surface area (Å²) in [6.45, 7) is 0.192. The number of benzene rings is 1. The lowest BCUT2D eigenvalue weighted by atomic mass is 10.2. The molecule has 2 atom stereocenters. The van der Waals surface area contributed by atoms with Crippen molar-refractivity contribution in [1.82, 2.24) is 15.5 Å². The number of urea groups is 1.